The number of pyridine rings is 1. The molecule has 0 amide bonds. The van der Waals surface area contributed by atoms with Gasteiger partial charge in [0.15, 0.2) is 0 Å². The van der Waals surface area contributed by atoms with E-state index in [1.165, 1.54) is 17.7 Å². The molecular weight excluding hydrogens is 234 g/mol. The second-order valence-corrected chi connectivity index (χ2v) is 5.57. The third-order valence-electron chi connectivity index (χ3n) is 3.57. The average molecular weight is 257 g/mol. The molecule has 2 aromatic rings. The van der Waals surface area contributed by atoms with Crippen molar-refractivity contribution in [1.29, 1.82) is 0 Å². The van der Waals surface area contributed by atoms with Gasteiger partial charge in [-0.3, -0.25) is 4.98 Å². The third kappa shape index (κ3) is 2.86. The van der Waals surface area contributed by atoms with Crippen molar-refractivity contribution >= 4 is 0 Å². The van der Waals surface area contributed by atoms with E-state index in [1.54, 1.807) is 0 Å². The summed E-state index contributed by atoms with van der Waals surface area (Å²) in [5.41, 5.74) is 4.30. The molecule has 0 aliphatic heterocycles. The van der Waals surface area contributed by atoms with Crippen LogP contribution in [0.2, 0.25) is 0 Å². The van der Waals surface area contributed by atoms with E-state index in [0.29, 0.717) is 5.41 Å². The summed E-state index contributed by atoms with van der Waals surface area (Å²) in [6.45, 7) is 8.67. The van der Waals surface area contributed by atoms with Gasteiger partial charge in [-0.15, -0.1) is 0 Å². The molecule has 0 unspecified atom stereocenters. The number of aromatic nitrogens is 3. The molecule has 0 saturated carbocycles. The maximum absolute atomic E-state index is 4.52. The van der Waals surface area contributed by atoms with Crippen LogP contribution in [0.15, 0.2) is 30.7 Å². The highest BCUT2D eigenvalue weighted by atomic mass is 15.3. The first-order chi connectivity index (χ1) is 9.16. The van der Waals surface area contributed by atoms with E-state index in [2.05, 4.69) is 28.6 Å². The van der Waals surface area contributed by atoms with E-state index in [-0.39, 0.29) is 0 Å². The van der Waals surface area contributed by atoms with E-state index in [1.807, 2.05) is 44.6 Å². The van der Waals surface area contributed by atoms with Crippen LogP contribution in [0.3, 0.4) is 0 Å². The van der Waals surface area contributed by atoms with E-state index in [0.717, 1.165) is 18.5 Å². The van der Waals surface area contributed by atoms with Crippen LogP contribution in [0.1, 0.15) is 45.4 Å². The lowest BCUT2D eigenvalue weighted by Gasteiger charge is -2.29. The highest BCUT2D eigenvalue weighted by Crippen LogP contribution is 2.35. The van der Waals surface area contributed by atoms with Gasteiger partial charge in [-0.25, -0.2) is 4.68 Å². The summed E-state index contributed by atoms with van der Waals surface area (Å²) in [4.78, 5) is 4.05. The smallest absolute Gasteiger partial charge is 0.0679 e. The van der Waals surface area contributed by atoms with Crippen LogP contribution in [0.5, 0.6) is 0 Å². The molecule has 0 spiro atoms. The first-order valence-corrected chi connectivity index (χ1v) is 7.12. The molecule has 3 nitrogen and oxygen atoms in total. The summed E-state index contributed by atoms with van der Waals surface area (Å²) in [5.74, 6) is 0. The van der Waals surface area contributed by atoms with Gasteiger partial charge in [-0.1, -0.05) is 27.7 Å². The van der Waals surface area contributed by atoms with E-state index in [9.17, 15) is 0 Å². The Labute approximate surface area is 115 Å². The Morgan fingerprint density at radius 2 is 1.84 bits per heavy atom. The Morgan fingerprint density at radius 3 is 2.53 bits per heavy atom. The standard InChI is InChI=1S/C14H17N3.C2H6/c1-14(2)6-3-13-11(9-14)10-16-17(13)12-4-7-15-8-5-12;1-2/h4-5,7-8,10H,3,6,9H2,1-2H3;1-2H3. The van der Waals surface area contributed by atoms with Gasteiger partial charge in [0.25, 0.3) is 0 Å². The zero-order chi connectivity index (χ0) is 13.9. The van der Waals surface area contributed by atoms with Crippen LogP contribution in [0.4, 0.5) is 0 Å². The Hall–Kier alpha value is -1.64. The van der Waals surface area contributed by atoms with Gasteiger partial charge in [0, 0.05) is 18.1 Å². The van der Waals surface area contributed by atoms with Gasteiger partial charge in [-0.05, 0) is 42.4 Å². The van der Waals surface area contributed by atoms with Crippen LogP contribution in [0.25, 0.3) is 5.69 Å². The van der Waals surface area contributed by atoms with Gasteiger partial charge in [-0.2, -0.15) is 5.10 Å². The molecule has 0 fully saturated rings. The van der Waals surface area contributed by atoms with E-state index < -0.39 is 0 Å². The zero-order valence-electron chi connectivity index (χ0n) is 12.3. The van der Waals surface area contributed by atoms with Crippen LogP contribution in [-0.2, 0) is 12.8 Å². The highest BCUT2D eigenvalue weighted by Gasteiger charge is 2.28. The number of nitrogens with zero attached hydrogens (tertiary/aromatic N) is 3. The molecule has 0 atom stereocenters. The predicted molar refractivity (Wildman–Crippen MR) is 78.5 cm³/mol. The largest absolute Gasteiger partial charge is 0.265 e. The molecule has 2 heterocycles. The summed E-state index contributed by atoms with van der Waals surface area (Å²) < 4.78 is 2.06. The molecule has 0 radical (unpaired) electrons. The van der Waals surface area contributed by atoms with E-state index >= 15 is 0 Å². The fourth-order valence-electron chi connectivity index (χ4n) is 2.59. The van der Waals surface area contributed by atoms with Crippen molar-refractivity contribution in [1.82, 2.24) is 14.8 Å². The summed E-state index contributed by atoms with van der Waals surface area (Å²) in [6.07, 6.45) is 9.14. The second-order valence-electron chi connectivity index (χ2n) is 5.57. The molecule has 1 aliphatic carbocycles. The highest BCUT2D eigenvalue weighted by molar-refractivity contribution is 5.35. The van der Waals surface area contributed by atoms with Crippen molar-refractivity contribution in [2.75, 3.05) is 0 Å². The lowest BCUT2D eigenvalue weighted by molar-refractivity contribution is 0.312. The summed E-state index contributed by atoms with van der Waals surface area (Å²) >= 11 is 0. The maximum Gasteiger partial charge on any atom is 0.0679 e. The number of hydrogen-bond acceptors (Lipinski definition) is 2. The molecule has 0 bridgehead atoms. The predicted octanol–water partition coefficient (Wildman–Crippen LogP) is 3.81. The lowest BCUT2D eigenvalue weighted by Crippen LogP contribution is -2.22. The fraction of sp³-hybridized carbons (Fsp3) is 0.500. The molecular formula is C16H23N3. The quantitative estimate of drug-likeness (QED) is 0.777. The number of rotatable bonds is 1. The normalized spacial score (nSPS) is 16.2. The summed E-state index contributed by atoms with van der Waals surface area (Å²) in [7, 11) is 0. The van der Waals surface area contributed by atoms with Crippen LogP contribution in [0, 0.1) is 5.41 Å². The van der Waals surface area contributed by atoms with Crippen LogP contribution < -0.4 is 0 Å². The Morgan fingerprint density at radius 1 is 1.16 bits per heavy atom. The van der Waals surface area contributed by atoms with E-state index in [4.69, 9.17) is 0 Å². The van der Waals surface area contributed by atoms with Gasteiger partial charge in [0.05, 0.1) is 11.9 Å². The SMILES string of the molecule is CC.CC1(C)CCc2c(cnn2-c2ccncc2)C1. The van der Waals surface area contributed by atoms with Crippen molar-refractivity contribution in [3.63, 3.8) is 0 Å². The molecule has 0 aromatic carbocycles. The van der Waals surface area contributed by atoms with Gasteiger partial charge in [0.1, 0.15) is 0 Å². The Kier molecular flexibility index (Phi) is 4.03. The molecule has 2 aromatic heterocycles. The molecule has 0 saturated heterocycles. The number of fused-ring (bicyclic) bond motifs is 1. The lowest BCUT2D eigenvalue weighted by atomic mass is 9.77. The first-order valence-electron chi connectivity index (χ1n) is 7.12. The number of hydrogen-bond donors (Lipinski definition) is 0. The fourth-order valence-corrected chi connectivity index (χ4v) is 2.59. The van der Waals surface area contributed by atoms with Crippen molar-refractivity contribution in [2.45, 2.75) is 47.0 Å². The van der Waals surface area contributed by atoms with Gasteiger partial charge in [0.2, 0.25) is 0 Å². The molecule has 3 rings (SSSR count). The molecule has 19 heavy (non-hydrogen) atoms. The minimum Gasteiger partial charge on any atom is -0.265 e. The minimum atomic E-state index is 0.416. The molecule has 1 aliphatic rings. The first kappa shape index (κ1) is 13.8. The monoisotopic (exact) mass is 257 g/mol. The summed E-state index contributed by atoms with van der Waals surface area (Å²) in [5, 5.41) is 4.52. The Balaban J connectivity index is 0.000000637. The second kappa shape index (κ2) is 5.55. The van der Waals surface area contributed by atoms with Gasteiger partial charge >= 0.3 is 0 Å². The molecule has 102 valence electrons. The van der Waals surface area contributed by atoms with Gasteiger partial charge < -0.3 is 0 Å². The maximum atomic E-state index is 4.52. The third-order valence-corrected chi connectivity index (χ3v) is 3.57. The Bertz CT molecular complexity index is 526. The average Bonchev–Trinajstić information content (AvgIpc) is 2.83. The van der Waals surface area contributed by atoms with Crippen molar-refractivity contribution in [3.05, 3.63) is 42.0 Å². The zero-order valence-corrected chi connectivity index (χ0v) is 12.3. The molecule has 3 heteroatoms. The van der Waals surface area contributed by atoms with Crippen LogP contribution in [-0.4, -0.2) is 14.8 Å². The minimum absolute atomic E-state index is 0.416. The summed E-state index contributed by atoms with van der Waals surface area (Å²) in [6, 6.07) is 4.01. The van der Waals surface area contributed by atoms with Crippen molar-refractivity contribution in [2.24, 2.45) is 5.41 Å². The van der Waals surface area contributed by atoms with Crippen molar-refractivity contribution in [3.8, 4) is 5.69 Å². The van der Waals surface area contributed by atoms with Crippen LogP contribution >= 0.6 is 0 Å². The van der Waals surface area contributed by atoms with Crippen molar-refractivity contribution < 1.29 is 0 Å². The molecule has 0 N–H and O–H groups in total. The topological polar surface area (TPSA) is 30.7 Å².